The van der Waals surface area contributed by atoms with Crippen molar-refractivity contribution in [2.75, 3.05) is 31.6 Å². The first-order valence-corrected chi connectivity index (χ1v) is 11.4. The normalized spacial score (nSPS) is 12.8. The van der Waals surface area contributed by atoms with Gasteiger partial charge in [-0.1, -0.05) is 0 Å². The number of benzene rings is 1. The third-order valence-corrected chi connectivity index (χ3v) is 6.73. The van der Waals surface area contributed by atoms with Crippen molar-refractivity contribution in [2.45, 2.75) is 19.1 Å². The first-order valence-electron chi connectivity index (χ1n) is 8.17. The minimum absolute atomic E-state index is 0.119. The van der Waals surface area contributed by atoms with E-state index in [1.165, 1.54) is 6.92 Å². The van der Waals surface area contributed by atoms with Gasteiger partial charge in [0, 0.05) is 23.6 Å². The maximum atomic E-state index is 12.7. The van der Waals surface area contributed by atoms with Gasteiger partial charge in [-0.05, 0) is 67.8 Å². The SMILES string of the molecule is CC(=O)Nc1c(I)c(C(=O)NC[C@H](O)CO)c(I)c(C(=O)NC[C@H](O)CO)c1I. The van der Waals surface area contributed by atoms with Crippen molar-refractivity contribution >= 4 is 91.2 Å². The van der Waals surface area contributed by atoms with Crippen LogP contribution in [0.25, 0.3) is 0 Å². The highest BCUT2D eigenvalue weighted by Gasteiger charge is 2.28. The number of aliphatic hydroxyl groups is 4. The molecule has 0 unspecified atom stereocenters. The van der Waals surface area contributed by atoms with Crippen LogP contribution in [0.2, 0.25) is 0 Å². The fourth-order valence-electron chi connectivity index (χ4n) is 2.08. The molecular weight excluding hydrogens is 727 g/mol. The fourth-order valence-corrected chi connectivity index (χ4v) is 6.49. The van der Waals surface area contributed by atoms with E-state index in [9.17, 15) is 24.6 Å². The molecule has 10 nitrogen and oxygen atoms in total. The summed E-state index contributed by atoms with van der Waals surface area (Å²) in [5.41, 5.74) is 0.515. The fraction of sp³-hybridized carbons (Fsp3) is 0.438. The van der Waals surface area contributed by atoms with Crippen LogP contribution >= 0.6 is 67.8 Å². The second kappa shape index (κ2) is 12.5. The smallest absolute Gasteiger partial charge is 0.253 e. The molecule has 0 aromatic heterocycles. The molecule has 0 spiro atoms. The summed E-state index contributed by atoms with van der Waals surface area (Å²) in [6.07, 6.45) is -2.29. The topological polar surface area (TPSA) is 168 Å². The Kier molecular flexibility index (Phi) is 11.5. The van der Waals surface area contributed by atoms with Crippen LogP contribution in [0, 0.1) is 10.7 Å². The van der Waals surface area contributed by atoms with Gasteiger partial charge in [-0.25, -0.2) is 0 Å². The molecule has 2 atom stereocenters. The Hall–Kier alpha value is -0.340. The zero-order valence-electron chi connectivity index (χ0n) is 15.1. The second-order valence-corrected chi connectivity index (χ2v) is 9.08. The monoisotopic (exact) mass is 747 g/mol. The van der Waals surface area contributed by atoms with Crippen molar-refractivity contribution < 1.29 is 34.8 Å². The molecule has 7 N–H and O–H groups in total. The molecular formula is C16H20I3N3O7. The van der Waals surface area contributed by atoms with Crippen LogP contribution in [-0.2, 0) is 4.79 Å². The standard InChI is InChI=1S/C16H20I3N3O7/c1-6(25)22-14-12(18)9(15(28)20-2-7(26)4-23)11(17)10(13(14)19)16(29)21-3-8(27)5-24/h7-8,23-24,26-27H,2-5H2,1H3,(H,20,28)(H,21,29)(H,22,25)/t7-,8-/m0/s1. The zero-order valence-corrected chi connectivity index (χ0v) is 21.6. The van der Waals surface area contributed by atoms with Crippen LogP contribution in [-0.4, -0.2) is 76.7 Å². The average molecular weight is 747 g/mol. The minimum Gasteiger partial charge on any atom is -0.394 e. The lowest BCUT2D eigenvalue weighted by atomic mass is 10.1. The van der Waals surface area contributed by atoms with Gasteiger partial charge in [-0.15, -0.1) is 0 Å². The highest BCUT2D eigenvalue weighted by molar-refractivity contribution is 14.1. The number of halogens is 3. The van der Waals surface area contributed by atoms with Crippen molar-refractivity contribution in [1.29, 1.82) is 0 Å². The predicted octanol–water partition coefficient (Wildman–Crippen LogP) is -0.375. The maximum Gasteiger partial charge on any atom is 0.253 e. The van der Waals surface area contributed by atoms with Gasteiger partial charge in [0.15, 0.2) is 0 Å². The van der Waals surface area contributed by atoms with Crippen molar-refractivity contribution in [3.05, 3.63) is 21.8 Å². The largest absolute Gasteiger partial charge is 0.394 e. The van der Waals surface area contributed by atoms with Gasteiger partial charge in [-0.2, -0.15) is 0 Å². The molecule has 1 aromatic carbocycles. The molecule has 0 saturated heterocycles. The number of anilines is 1. The molecule has 1 rings (SSSR count). The summed E-state index contributed by atoms with van der Waals surface area (Å²) in [6.45, 7) is -0.169. The minimum atomic E-state index is -1.14. The van der Waals surface area contributed by atoms with E-state index in [0.717, 1.165) is 0 Å². The molecule has 0 bridgehead atoms. The van der Waals surface area contributed by atoms with Gasteiger partial charge in [0.05, 0.1) is 49.4 Å². The van der Waals surface area contributed by atoms with Crippen LogP contribution in [0.4, 0.5) is 5.69 Å². The van der Waals surface area contributed by atoms with Gasteiger partial charge in [-0.3, -0.25) is 14.4 Å². The summed E-state index contributed by atoms with van der Waals surface area (Å²) >= 11 is 5.60. The van der Waals surface area contributed by atoms with E-state index in [1.807, 2.05) is 67.8 Å². The Labute approximate surface area is 207 Å². The van der Waals surface area contributed by atoms with E-state index < -0.39 is 43.1 Å². The zero-order chi connectivity index (χ0) is 22.3. The van der Waals surface area contributed by atoms with Gasteiger partial charge in [0.25, 0.3) is 11.8 Å². The van der Waals surface area contributed by atoms with Crippen LogP contribution in [0.3, 0.4) is 0 Å². The van der Waals surface area contributed by atoms with Crippen LogP contribution in [0.1, 0.15) is 27.6 Å². The molecule has 1 aromatic rings. The highest BCUT2D eigenvalue weighted by Crippen LogP contribution is 2.35. The molecule has 0 aliphatic carbocycles. The molecule has 0 radical (unpaired) electrons. The van der Waals surface area contributed by atoms with E-state index in [1.54, 1.807) is 0 Å². The average Bonchev–Trinajstić information content (AvgIpc) is 2.67. The lowest BCUT2D eigenvalue weighted by Gasteiger charge is -2.20. The van der Waals surface area contributed by atoms with Crippen LogP contribution in [0.15, 0.2) is 0 Å². The molecule has 29 heavy (non-hydrogen) atoms. The quantitative estimate of drug-likeness (QED) is 0.169. The Bertz CT molecular complexity index is 739. The highest BCUT2D eigenvalue weighted by atomic mass is 127. The van der Waals surface area contributed by atoms with Crippen LogP contribution < -0.4 is 16.0 Å². The van der Waals surface area contributed by atoms with E-state index >= 15 is 0 Å². The molecule has 162 valence electrons. The number of amides is 3. The first kappa shape index (κ1) is 26.7. The summed E-state index contributed by atoms with van der Waals surface area (Å²) in [4.78, 5) is 37.0. The van der Waals surface area contributed by atoms with Crippen molar-refractivity contribution in [3.8, 4) is 0 Å². The number of nitrogens with one attached hydrogen (secondary N) is 3. The van der Waals surface area contributed by atoms with E-state index in [0.29, 0.717) is 10.7 Å². The molecule has 13 heteroatoms. The number of rotatable bonds is 9. The van der Waals surface area contributed by atoms with Gasteiger partial charge in [0.1, 0.15) is 0 Å². The number of hydrogen-bond acceptors (Lipinski definition) is 7. The lowest BCUT2D eigenvalue weighted by Crippen LogP contribution is -2.37. The molecule has 3 amide bonds. The third-order valence-electron chi connectivity index (χ3n) is 3.49. The summed E-state index contributed by atoms with van der Waals surface area (Å²) in [6, 6.07) is 0. The molecule has 0 aliphatic heterocycles. The lowest BCUT2D eigenvalue weighted by molar-refractivity contribution is -0.114. The molecule has 0 fully saturated rings. The van der Waals surface area contributed by atoms with Gasteiger partial charge >= 0.3 is 0 Å². The summed E-state index contributed by atoms with van der Waals surface area (Å²) < 4.78 is 1.10. The third kappa shape index (κ3) is 7.39. The second-order valence-electron chi connectivity index (χ2n) is 5.84. The summed E-state index contributed by atoms with van der Waals surface area (Å²) in [7, 11) is 0. The van der Waals surface area contributed by atoms with Gasteiger partial charge < -0.3 is 36.4 Å². The predicted molar refractivity (Wildman–Crippen MR) is 130 cm³/mol. The Morgan fingerprint density at radius 2 is 1.21 bits per heavy atom. The summed E-state index contributed by atoms with van der Waals surface area (Å²) in [5, 5.41) is 44.3. The molecule has 0 saturated carbocycles. The number of carbonyl (C=O) groups excluding carboxylic acids is 3. The maximum absolute atomic E-state index is 12.7. The molecule has 0 aliphatic rings. The number of aliphatic hydroxyl groups excluding tert-OH is 4. The van der Waals surface area contributed by atoms with E-state index in [-0.39, 0.29) is 29.9 Å². The van der Waals surface area contributed by atoms with E-state index in [4.69, 9.17) is 10.2 Å². The Morgan fingerprint density at radius 3 is 1.52 bits per heavy atom. The van der Waals surface area contributed by atoms with Gasteiger partial charge in [0.2, 0.25) is 5.91 Å². The van der Waals surface area contributed by atoms with Crippen molar-refractivity contribution in [3.63, 3.8) is 0 Å². The summed E-state index contributed by atoms with van der Waals surface area (Å²) in [5.74, 6) is -1.59. The molecule has 0 heterocycles. The first-order chi connectivity index (χ1) is 13.5. The van der Waals surface area contributed by atoms with Crippen molar-refractivity contribution in [1.82, 2.24) is 10.6 Å². The Balaban J connectivity index is 3.45. The van der Waals surface area contributed by atoms with Crippen LogP contribution in [0.5, 0.6) is 0 Å². The Morgan fingerprint density at radius 1 is 0.828 bits per heavy atom. The number of carbonyl (C=O) groups is 3. The number of hydrogen-bond donors (Lipinski definition) is 7. The van der Waals surface area contributed by atoms with Crippen molar-refractivity contribution in [2.24, 2.45) is 0 Å². The van der Waals surface area contributed by atoms with E-state index in [2.05, 4.69) is 16.0 Å².